The Morgan fingerprint density at radius 2 is 2.11 bits per heavy atom. The summed E-state index contributed by atoms with van der Waals surface area (Å²) in [5, 5.41) is 4.61. The fraction of sp³-hybridized carbons (Fsp3) is 0.190. The Bertz CT molecular complexity index is 1010. The van der Waals surface area contributed by atoms with E-state index in [-0.39, 0.29) is 12.7 Å². The van der Waals surface area contributed by atoms with E-state index in [0.29, 0.717) is 23.1 Å². The van der Waals surface area contributed by atoms with Gasteiger partial charge in [-0.15, -0.1) is 0 Å². The molecule has 3 aromatic rings. The molecule has 0 saturated heterocycles. The van der Waals surface area contributed by atoms with Crippen LogP contribution in [0.1, 0.15) is 12.0 Å². The van der Waals surface area contributed by atoms with E-state index < -0.39 is 0 Å². The third-order valence-electron chi connectivity index (χ3n) is 4.43. The summed E-state index contributed by atoms with van der Waals surface area (Å²) in [4.78, 5) is 12.0. The molecular formula is C21H19ClN2O3. The summed E-state index contributed by atoms with van der Waals surface area (Å²) in [6.07, 6.45) is 6.14. The van der Waals surface area contributed by atoms with Gasteiger partial charge < -0.3 is 19.4 Å². The molecule has 6 heteroatoms. The van der Waals surface area contributed by atoms with Crippen LogP contribution < -0.4 is 14.8 Å². The number of amides is 1. The lowest BCUT2D eigenvalue weighted by atomic mass is 10.2. The molecular weight excluding hydrogens is 364 g/mol. The Balaban J connectivity index is 1.27. The monoisotopic (exact) mass is 382 g/mol. The molecule has 0 atom stereocenters. The van der Waals surface area contributed by atoms with Crippen LogP contribution in [0.3, 0.4) is 0 Å². The van der Waals surface area contributed by atoms with E-state index >= 15 is 0 Å². The molecule has 1 N–H and O–H groups in total. The fourth-order valence-corrected chi connectivity index (χ4v) is 3.38. The number of ether oxygens (including phenoxy) is 2. The van der Waals surface area contributed by atoms with Crippen LogP contribution in [0.4, 0.5) is 0 Å². The first-order valence-corrected chi connectivity index (χ1v) is 9.17. The number of rotatable bonds is 6. The highest BCUT2D eigenvalue weighted by Gasteiger charge is 2.17. The van der Waals surface area contributed by atoms with Gasteiger partial charge >= 0.3 is 0 Å². The molecule has 2 heterocycles. The van der Waals surface area contributed by atoms with Crippen LogP contribution in [-0.4, -0.2) is 23.8 Å². The highest BCUT2D eigenvalue weighted by Crippen LogP contribution is 2.40. The van der Waals surface area contributed by atoms with Crippen molar-refractivity contribution in [3.05, 3.63) is 65.3 Å². The minimum Gasteiger partial charge on any atom is -0.454 e. The molecule has 0 spiro atoms. The number of benzene rings is 2. The maximum atomic E-state index is 12.0. The molecule has 138 valence electrons. The van der Waals surface area contributed by atoms with E-state index in [1.165, 1.54) is 17.0 Å². The van der Waals surface area contributed by atoms with Crippen LogP contribution in [0.15, 0.2) is 54.7 Å². The number of hydrogen-bond donors (Lipinski definition) is 1. The van der Waals surface area contributed by atoms with Gasteiger partial charge in [-0.1, -0.05) is 29.8 Å². The minimum atomic E-state index is -0.138. The van der Waals surface area contributed by atoms with Crippen molar-refractivity contribution in [2.75, 3.05) is 13.3 Å². The maximum Gasteiger partial charge on any atom is 0.244 e. The number of carbonyl (C=O) groups is 1. The molecule has 1 aliphatic rings. The SMILES string of the molecule is O=C(/C=C/c1cc(Cl)c2c(c1)OCO2)NCCCn1ccc2ccccc21. The number of aryl methyl sites for hydroxylation is 1. The van der Waals surface area contributed by atoms with Gasteiger partial charge in [-0.2, -0.15) is 0 Å². The molecule has 1 amide bonds. The molecule has 0 aliphatic carbocycles. The number of para-hydroxylation sites is 1. The van der Waals surface area contributed by atoms with Crippen molar-refractivity contribution in [3.8, 4) is 11.5 Å². The molecule has 1 aromatic heterocycles. The first-order chi connectivity index (χ1) is 13.2. The lowest BCUT2D eigenvalue weighted by Gasteiger charge is -2.06. The van der Waals surface area contributed by atoms with Gasteiger partial charge in [0.15, 0.2) is 11.5 Å². The van der Waals surface area contributed by atoms with Gasteiger partial charge in [-0.3, -0.25) is 4.79 Å². The molecule has 0 fully saturated rings. The Morgan fingerprint density at radius 3 is 3.04 bits per heavy atom. The molecule has 0 bridgehead atoms. The number of fused-ring (bicyclic) bond motifs is 2. The van der Waals surface area contributed by atoms with Crippen molar-refractivity contribution in [2.24, 2.45) is 0 Å². The van der Waals surface area contributed by atoms with Gasteiger partial charge in [0.05, 0.1) is 5.02 Å². The van der Waals surface area contributed by atoms with Crippen molar-refractivity contribution >= 4 is 34.5 Å². The lowest BCUT2D eigenvalue weighted by molar-refractivity contribution is -0.116. The summed E-state index contributed by atoms with van der Waals surface area (Å²) < 4.78 is 12.8. The molecule has 4 rings (SSSR count). The van der Waals surface area contributed by atoms with E-state index in [1.807, 2.05) is 12.1 Å². The third kappa shape index (κ3) is 3.93. The lowest BCUT2D eigenvalue weighted by Crippen LogP contribution is -2.23. The topological polar surface area (TPSA) is 52.5 Å². The molecule has 0 radical (unpaired) electrons. The number of carbonyl (C=O) groups excluding carboxylic acids is 1. The van der Waals surface area contributed by atoms with E-state index in [9.17, 15) is 4.79 Å². The van der Waals surface area contributed by atoms with Crippen molar-refractivity contribution in [1.29, 1.82) is 0 Å². The second kappa shape index (κ2) is 7.76. The van der Waals surface area contributed by atoms with Crippen LogP contribution >= 0.6 is 11.6 Å². The molecule has 0 saturated carbocycles. The Kier molecular flexibility index (Phi) is 5.03. The second-order valence-corrected chi connectivity index (χ2v) is 6.69. The predicted octanol–water partition coefficient (Wildman–Crippen LogP) is 4.24. The number of hydrogen-bond acceptors (Lipinski definition) is 3. The van der Waals surface area contributed by atoms with Crippen LogP contribution in [-0.2, 0) is 11.3 Å². The quantitative estimate of drug-likeness (QED) is 0.512. The molecule has 27 heavy (non-hydrogen) atoms. The van der Waals surface area contributed by atoms with E-state index in [1.54, 1.807) is 18.2 Å². The molecule has 2 aromatic carbocycles. The summed E-state index contributed by atoms with van der Waals surface area (Å²) in [5.74, 6) is 1.01. The van der Waals surface area contributed by atoms with Gasteiger partial charge in [0.25, 0.3) is 0 Å². The number of nitrogens with one attached hydrogen (secondary N) is 1. The van der Waals surface area contributed by atoms with Gasteiger partial charge in [0.1, 0.15) is 0 Å². The summed E-state index contributed by atoms with van der Waals surface area (Å²) in [6, 6.07) is 13.9. The molecule has 1 aliphatic heterocycles. The van der Waals surface area contributed by atoms with Gasteiger partial charge in [0.2, 0.25) is 12.7 Å². The van der Waals surface area contributed by atoms with Crippen molar-refractivity contribution in [1.82, 2.24) is 9.88 Å². The van der Waals surface area contributed by atoms with Crippen LogP contribution in [0.25, 0.3) is 17.0 Å². The summed E-state index contributed by atoms with van der Waals surface area (Å²) in [7, 11) is 0. The van der Waals surface area contributed by atoms with Gasteiger partial charge in [-0.05, 0) is 47.7 Å². The van der Waals surface area contributed by atoms with E-state index in [4.69, 9.17) is 21.1 Å². The minimum absolute atomic E-state index is 0.138. The highest BCUT2D eigenvalue weighted by atomic mass is 35.5. The average Bonchev–Trinajstić information content (AvgIpc) is 3.31. The molecule has 5 nitrogen and oxygen atoms in total. The number of nitrogens with zero attached hydrogens (tertiary/aromatic N) is 1. The van der Waals surface area contributed by atoms with Gasteiger partial charge in [0, 0.05) is 30.9 Å². The fourth-order valence-electron chi connectivity index (χ4n) is 3.11. The van der Waals surface area contributed by atoms with Crippen LogP contribution in [0, 0.1) is 0 Å². The standard InChI is InChI=1S/C21H19ClN2O3/c22-17-12-15(13-19-21(17)27-14-26-19)6-7-20(25)23-9-3-10-24-11-8-16-4-1-2-5-18(16)24/h1-2,4-8,11-13H,3,9-10,14H2,(H,23,25)/b7-6+. The second-order valence-electron chi connectivity index (χ2n) is 6.28. The third-order valence-corrected chi connectivity index (χ3v) is 4.71. The Morgan fingerprint density at radius 1 is 1.22 bits per heavy atom. The summed E-state index contributed by atoms with van der Waals surface area (Å²) >= 11 is 6.14. The van der Waals surface area contributed by atoms with Crippen molar-refractivity contribution in [3.63, 3.8) is 0 Å². The maximum absolute atomic E-state index is 12.0. The van der Waals surface area contributed by atoms with E-state index in [2.05, 4.69) is 34.3 Å². The predicted molar refractivity (Wildman–Crippen MR) is 106 cm³/mol. The highest BCUT2D eigenvalue weighted by molar-refractivity contribution is 6.32. The number of aromatic nitrogens is 1. The summed E-state index contributed by atoms with van der Waals surface area (Å²) in [5.41, 5.74) is 2.00. The first-order valence-electron chi connectivity index (χ1n) is 8.80. The summed E-state index contributed by atoms with van der Waals surface area (Å²) in [6.45, 7) is 1.63. The zero-order chi connectivity index (χ0) is 18.6. The Labute approximate surface area is 162 Å². The zero-order valence-electron chi connectivity index (χ0n) is 14.7. The average molecular weight is 383 g/mol. The Hall–Kier alpha value is -2.92. The van der Waals surface area contributed by atoms with Crippen molar-refractivity contribution < 1.29 is 14.3 Å². The smallest absolute Gasteiger partial charge is 0.244 e. The zero-order valence-corrected chi connectivity index (χ0v) is 15.4. The number of halogens is 1. The first kappa shape index (κ1) is 17.5. The van der Waals surface area contributed by atoms with Crippen LogP contribution in [0.2, 0.25) is 5.02 Å². The largest absolute Gasteiger partial charge is 0.454 e. The van der Waals surface area contributed by atoms with Crippen LogP contribution in [0.5, 0.6) is 11.5 Å². The van der Waals surface area contributed by atoms with Crippen molar-refractivity contribution in [2.45, 2.75) is 13.0 Å². The normalized spacial score (nSPS) is 12.8. The molecule has 0 unspecified atom stereocenters. The van der Waals surface area contributed by atoms with Gasteiger partial charge in [-0.25, -0.2) is 0 Å². The van der Waals surface area contributed by atoms with E-state index in [0.717, 1.165) is 18.5 Å².